The van der Waals surface area contributed by atoms with E-state index in [0.717, 1.165) is 11.0 Å². The molecule has 2 rings (SSSR count). The van der Waals surface area contributed by atoms with E-state index in [0.29, 0.717) is 0 Å². The SMILES string of the molecule is O=C1CC(S(=O)(=O)Cl)CN1c1nc(Cl)ccc1[N+](=O)[O-]. The maximum absolute atomic E-state index is 11.8. The molecule has 11 heteroatoms. The van der Waals surface area contributed by atoms with Gasteiger partial charge in [0.25, 0.3) is 0 Å². The minimum Gasteiger partial charge on any atom is -0.290 e. The molecule has 0 spiro atoms. The van der Waals surface area contributed by atoms with Crippen LogP contribution in [-0.2, 0) is 13.8 Å². The number of carbonyl (C=O) groups excluding carboxylic acids is 1. The van der Waals surface area contributed by atoms with Gasteiger partial charge >= 0.3 is 5.69 Å². The molecule has 0 aliphatic carbocycles. The van der Waals surface area contributed by atoms with Crippen molar-refractivity contribution in [2.75, 3.05) is 11.4 Å². The summed E-state index contributed by atoms with van der Waals surface area (Å²) in [7, 11) is 1.26. The molecule has 2 heterocycles. The van der Waals surface area contributed by atoms with Gasteiger partial charge in [-0.2, -0.15) is 0 Å². The van der Waals surface area contributed by atoms with E-state index >= 15 is 0 Å². The Bertz CT molecular complexity index is 693. The molecule has 0 saturated carbocycles. The molecule has 0 radical (unpaired) electrons. The fourth-order valence-electron chi connectivity index (χ4n) is 1.83. The van der Waals surface area contributed by atoms with E-state index in [1.165, 1.54) is 6.07 Å². The lowest BCUT2D eigenvalue weighted by Crippen LogP contribution is -2.28. The van der Waals surface area contributed by atoms with Crippen molar-refractivity contribution in [1.82, 2.24) is 4.98 Å². The van der Waals surface area contributed by atoms with Crippen LogP contribution in [-0.4, -0.2) is 36.0 Å². The molecule has 1 amide bonds. The number of amides is 1. The third kappa shape index (κ3) is 2.84. The average Bonchev–Trinajstić information content (AvgIpc) is 2.70. The molecule has 1 saturated heterocycles. The van der Waals surface area contributed by atoms with Gasteiger partial charge in [0, 0.05) is 29.7 Å². The zero-order chi connectivity index (χ0) is 15.1. The zero-order valence-corrected chi connectivity index (χ0v) is 12.0. The zero-order valence-electron chi connectivity index (χ0n) is 9.69. The van der Waals surface area contributed by atoms with Crippen LogP contribution in [0.4, 0.5) is 11.5 Å². The minimum absolute atomic E-state index is 0.0458. The lowest BCUT2D eigenvalue weighted by Gasteiger charge is -2.14. The van der Waals surface area contributed by atoms with Gasteiger partial charge in [-0.1, -0.05) is 11.6 Å². The number of hydrogen-bond donors (Lipinski definition) is 0. The number of carbonyl (C=O) groups is 1. The normalized spacial score (nSPS) is 19.4. The van der Waals surface area contributed by atoms with Crippen molar-refractivity contribution in [2.24, 2.45) is 0 Å². The highest BCUT2D eigenvalue weighted by Gasteiger charge is 2.41. The van der Waals surface area contributed by atoms with Gasteiger partial charge in [-0.15, -0.1) is 0 Å². The molecule has 1 unspecified atom stereocenters. The van der Waals surface area contributed by atoms with E-state index in [9.17, 15) is 23.3 Å². The van der Waals surface area contributed by atoms with Crippen LogP contribution in [0.25, 0.3) is 0 Å². The molecule has 20 heavy (non-hydrogen) atoms. The number of aromatic nitrogens is 1. The van der Waals surface area contributed by atoms with Crippen LogP contribution in [0.2, 0.25) is 5.15 Å². The van der Waals surface area contributed by atoms with Gasteiger partial charge in [0.15, 0.2) is 0 Å². The van der Waals surface area contributed by atoms with Gasteiger partial charge in [0.05, 0.1) is 4.92 Å². The van der Waals surface area contributed by atoms with Gasteiger partial charge < -0.3 is 0 Å². The summed E-state index contributed by atoms with van der Waals surface area (Å²) in [6.07, 6.45) is -0.350. The number of nitrogens with zero attached hydrogens (tertiary/aromatic N) is 3. The summed E-state index contributed by atoms with van der Waals surface area (Å²) < 4.78 is 22.5. The monoisotopic (exact) mass is 339 g/mol. The number of anilines is 1. The number of pyridine rings is 1. The predicted molar refractivity (Wildman–Crippen MR) is 71.4 cm³/mol. The Morgan fingerprint density at radius 2 is 2.10 bits per heavy atom. The predicted octanol–water partition coefficient (Wildman–Crippen LogP) is 1.32. The highest BCUT2D eigenvalue weighted by atomic mass is 35.7. The quantitative estimate of drug-likeness (QED) is 0.355. The van der Waals surface area contributed by atoms with Gasteiger partial charge in [0.2, 0.25) is 20.8 Å². The molecule has 0 bridgehead atoms. The van der Waals surface area contributed by atoms with Crippen molar-refractivity contribution < 1.29 is 18.1 Å². The molecule has 1 aromatic rings. The average molecular weight is 340 g/mol. The van der Waals surface area contributed by atoms with Crippen molar-refractivity contribution in [3.8, 4) is 0 Å². The lowest BCUT2D eigenvalue weighted by molar-refractivity contribution is -0.384. The van der Waals surface area contributed by atoms with Crippen molar-refractivity contribution >= 4 is 48.7 Å². The van der Waals surface area contributed by atoms with Crippen LogP contribution >= 0.6 is 22.3 Å². The first kappa shape index (κ1) is 14.9. The highest BCUT2D eigenvalue weighted by molar-refractivity contribution is 8.14. The largest absolute Gasteiger partial charge is 0.312 e. The van der Waals surface area contributed by atoms with Gasteiger partial charge in [-0.05, 0) is 6.07 Å². The Morgan fingerprint density at radius 3 is 2.60 bits per heavy atom. The number of halogens is 2. The Labute approximate surface area is 122 Å². The van der Waals surface area contributed by atoms with Gasteiger partial charge in [0.1, 0.15) is 10.4 Å². The first-order valence-corrected chi connectivity index (χ1v) is 8.00. The van der Waals surface area contributed by atoms with Crippen molar-refractivity contribution in [1.29, 1.82) is 0 Å². The fourth-order valence-corrected chi connectivity index (χ4v) is 3.00. The maximum atomic E-state index is 11.8. The second kappa shape index (κ2) is 5.15. The summed E-state index contributed by atoms with van der Waals surface area (Å²) in [6.45, 7) is -0.293. The Morgan fingerprint density at radius 1 is 1.45 bits per heavy atom. The van der Waals surface area contributed by atoms with E-state index in [-0.39, 0.29) is 23.9 Å². The summed E-state index contributed by atoms with van der Waals surface area (Å²) in [5.74, 6) is -0.896. The minimum atomic E-state index is -3.94. The molecule has 1 aliphatic rings. The first-order chi connectivity index (χ1) is 9.20. The molecule has 108 valence electrons. The summed E-state index contributed by atoms with van der Waals surface area (Å²) in [5, 5.41) is 9.74. The molecule has 0 N–H and O–H groups in total. The van der Waals surface area contributed by atoms with E-state index in [4.69, 9.17) is 22.3 Å². The third-order valence-corrected chi connectivity index (χ3v) is 4.84. The highest BCUT2D eigenvalue weighted by Crippen LogP contribution is 2.32. The van der Waals surface area contributed by atoms with Crippen LogP contribution < -0.4 is 4.90 Å². The second-order valence-electron chi connectivity index (χ2n) is 4.04. The number of rotatable bonds is 3. The van der Waals surface area contributed by atoms with Crippen molar-refractivity contribution in [3.05, 3.63) is 27.4 Å². The number of nitro groups is 1. The Hall–Kier alpha value is -1.45. The molecule has 8 nitrogen and oxygen atoms in total. The van der Waals surface area contributed by atoms with E-state index < -0.39 is 30.8 Å². The molecule has 1 aliphatic heterocycles. The summed E-state index contributed by atoms with van der Waals surface area (Å²) in [6, 6.07) is 2.31. The first-order valence-electron chi connectivity index (χ1n) is 5.25. The molecule has 1 aromatic heterocycles. The second-order valence-corrected chi connectivity index (χ2v) is 7.34. The summed E-state index contributed by atoms with van der Waals surface area (Å²) >= 11 is 5.66. The molecular weight excluding hydrogens is 333 g/mol. The molecule has 1 fully saturated rings. The molecule has 1 atom stereocenters. The Kier molecular flexibility index (Phi) is 3.85. The smallest absolute Gasteiger partial charge is 0.290 e. The van der Waals surface area contributed by atoms with Gasteiger partial charge in [-0.3, -0.25) is 19.8 Å². The van der Waals surface area contributed by atoms with E-state index in [2.05, 4.69) is 4.98 Å². The topological polar surface area (TPSA) is 110 Å². The van der Waals surface area contributed by atoms with Crippen LogP contribution in [0, 0.1) is 10.1 Å². The number of hydrogen-bond acceptors (Lipinski definition) is 6. The van der Waals surface area contributed by atoms with Crippen LogP contribution in [0.5, 0.6) is 0 Å². The third-order valence-electron chi connectivity index (χ3n) is 2.76. The van der Waals surface area contributed by atoms with E-state index in [1.54, 1.807) is 0 Å². The van der Waals surface area contributed by atoms with Crippen LogP contribution in [0.15, 0.2) is 12.1 Å². The lowest BCUT2D eigenvalue weighted by atomic mass is 10.3. The standard InChI is InChI=1S/C9H7Cl2N3O5S/c10-7-2-1-6(14(16)17)9(12-7)13-4-5(3-8(13)15)20(11,18)19/h1-2,5H,3-4H2. The summed E-state index contributed by atoms with van der Waals surface area (Å²) in [4.78, 5) is 26.6. The Balaban J connectivity index is 2.45. The van der Waals surface area contributed by atoms with Gasteiger partial charge in [-0.25, -0.2) is 13.4 Å². The van der Waals surface area contributed by atoms with E-state index in [1.807, 2.05) is 0 Å². The summed E-state index contributed by atoms with van der Waals surface area (Å²) in [5.41, 5.74) is -0.435. The van der Waals surface area contributed by atoms with Crippen LogP contribution in [0.3, 0.4) is 0 Å². The molecular formula is C9H7Cl2N3O5S. The fraction of sp³-hybridized carbons (Fsp3) is 0.333. The molecule has 0 aromatic carbocycles. The van der Waals surface area contributed by atoms with Crippen molar-refractivity contribution in [3.63, 3.8) is 0 Å². The van der Waals surface area contributed by atoms with Crippen molar-refractivity contribution in [2.45, 2.75) is 11.7 Å². The maximum Gasteiger partial charge on any atom is 0.312 e. The van der Waals surface area contributed by atoms with Crippen LogP contribution in [0.1, 0.15) is 6.42 Å².